The molecule has 2 aromatic carbocycles. The van der Waals surface area contributed by atoms with E-state index in [1.165, 1.54) is 23.5 Å². The molecule has 0 bridgehead atoms. The molecule has 1 saturated heterocycles. The Morgan fingerprint density at radius 1 is 1.00 bits per heavy atom. The lowest BCUT2D eigenvalue weighted by atomic mass is 10.2. The summed E-state index contributed by atoms with van der Waals surface area (Å²) >= 11 is 1.45. The summed E-state index contributed by atoms with van der Waals surface area (Å²) in [6.07, 6.45) is 0.457. The lowest BCUT2D eigenvalue weighted by Gasteiger charge is -2.34. The first kappa shape index (κ1) is 20.7. The van der Waals surface area contributed by atoms with Crippen LogP contribution >= 0.6 is 11.3 Å². The number of carbonyl (C=O) groups is 1. The summed E-state index contributed by atoms with van der Waals surface area (Å²) in [5.74, 6) is -0.200. The highest BCUT2D eigenvalue weighted by Crippen LogP contribution is 2.24. The standard InChI is InChI=1S/C23H25FN4OS/c24-20-8-6-18(7-9-20)16-28-14-12-27(13-15-28)11-10-22(29)26-23-25-21(17-30-23)19-4-2-1-3-5-19/h1-9,17H,10-16H2,(H,25,26,29). The Hall–Kier alpha value is -2.61. The van der Waals surface area contributed by atoms with Crippen molar-refractivity contribution in [2.45, 2.75) is 13.0 Å². The van der Waals surface area contributed by atoms with Gasteiger partial charge in [-0.25, -0.2) is 9.37 Å². The van der Waals surface area contributed by atoms with Crippen LogP contribution in [0.15, 0.2) is 60.0 Å². The van der Waals surface area contributed by atoms with Crippen LogP contribution in [0, 0.1) is 5.82 Å². The zero-order valence-electron chi connectivity index (χ0n) is 16.8. The highest BCUT2D eigenvalue weighted by Gasteiger charge is 2.18. The third kappa shape index (κ3) is 5.72. The molecule has 0 unspecified atom stereocenters. The minimum absolute atomic E-state index is 0.00213. The van der Waals surface area contributed by atoms with Gasteiger partial charge in [0.1, 0.15) is 5.82 Å². The number of anilines is 1. The fraction of sp³-hybridized carbons (Fsp3) is 0.304. The molecule has 0 atom stereocenters. The number of thiazole rings is 1. The predicted molar refractivity (Wildman–Crippen MR) is 119 cm³/mol. The number of halogens is 1. The lowest BCUT2D eigenvalue weighted by Crippen LogP contribution is -2.46. The van der Waals surface area contributed by atoms with Crippen molar-refractivity contribution in [2.24, 2.45) is 0 Å². The van der Waals surface area contributed by atoms with E-state index in [1.54, 1.807) is 0 Å². The molecule has 156 valence electrons. The Bertz CT molecular complexity index is 953. The molecule has 3 aromatic rings. The van der Waals surface area contributed by atoms with Crippen molar-refractivity contribution < 1.29 is 9.18 Å². The zero-order chi connectivity index (χ0) is 20.8. The summed E-state index contributed by atoms with van der Waals surface area (Å²) in [4.78, 5) is 21.5. The molecular formula is C23H25FN4OS. The second-order valence-corrected chi connectivity index (χ2v) is 8.30. The van der Waals surface area contributed by atoms with Gasteiger partial charge in [-0.2, -0.15) is 0 Å². The maximum Gasteiger partial charge on any atom is 0.227 e. The molecule has 1 aliphatic rings. The largest absolute Gasteiger partial charge is 0.302 e. The summed E-state index contributed by atoms with van der Waals surface area (Å²) in [7, 11) is 0. The molecule has 2 heterocycles. The molecule has 0 spiro atoms. The van der Waals surface area contributed by atoms with Crippen LogP contribution in [-0.4, -0.2) is 53.4 Å². The van der Waals surface area contributed by atoms with Gasteiger partial charge in [-0.3, -0.25) is 9.69 Å². The highest BCUT2D eigenvalue weighted by atomic mass is 32.1. The molecule has 30 heavy (non-hydrogen) atoms. The van der Waals surface area contributed by atoms with E-state index in [0.717, 1.165) is 56.1 Å². The quantitative estimate of drug-likeness (QED) is 0.621. The molecule has 0 aliphatic carbocycles. The van der Waals surface area contributed by atoms with E-state index in [4.69, 9.17) is 0 Å². The summed E-state index contributed by atoms with van der Waals surface area (Å²) in [5.41, 5.74) is 3.06. The van der Waals surface area contributed by atoms with Crippen molar-refractivity contribution in [1.29, 1.82) is 0 Å². The smallest absolute Gasteiger partial charge is 0.227 e. The second-order valence-electron chi connectivity index (χ2n) is 7.45. The molecule has 0 radical (unpaired) electrons. The molecule has 1 aliphatic heterocycles. The van der Waals surface area contributed by atoms with Crippen molar-refractivity contribution in [3.63, 3.8) is 0 Å². The number of amides is 1. The zero-order valence-corrected chi connectivity index (χ0v) is 17.6. The molecule has 1 amide bonds. The minimum Gasteiger partial charge on any atom is -0.302 e. The number of hydrogen-bond donors (Lipinski definition) is 1. The third-order valence-electron chi connectivity index (χ3n) is 5.26. The van der Waals surface area contributed by atoms with Crippen LogP contribution < -0.4 is 5.32 Å². The van der Waals surface area contributed by atoms with E-state index in [1.807, 2.05) is 47.8 Å². The second kappa shape index (κ2) is 9.93. The van der Waals surface area contributed by atoms with Crippen LogP contribution in [0.2, 0.25) is 0 Å². The normalized spacial score (nSPS) is 15.2. The molecule has 7 heteroatoms. The monoisotopic (exact) mass is 424 g/mol. The van der Waals surface area contributed by atoms with Gasteiger partial charge in [-0.1, -0.05) is 42.5 Å². The average Bonchev–Trinajstić information content (AvgIpc) is 3.24. The average molecular weight is 425 g/mol. The van der Waals surface area contributed by atoms with Gasteiger partial charge in [-0.05, 0) is 17.7 Å². The van der Waals surface area contributed by atoms with Gasteiger partial charge in [0.2, 0.25) is 5.91 Å². The number of nitrogens with one attached hydrogen (secondary N) is 1. The fourth-order valence-corrected chi connectivity index (χ4v) is 4.27. The first-order chi connectivity index (χ1) is 14.7. The number of benzene rings is 2. The maximum absolute atomic E-state index is 13.0. The lowest BCUT2D eigenvalue weighted by molar-refractivity contribution is -0.116. The van der Waals surface area contributed by atoms with Gasteiger partial charge in [0.05, 0.1) is 5.69 Å². The van der Waals surface area contributed by atoms with Crippen molar-refractivity contribution >= 4 is 22.4 Å². The topological polar surface area (TPSA) is 48.5 Å². The molecule has 1 fully saturated rings. The van der Waals surface area contributed by atoms with E-state index in [9.17, 15) is 9.18 Å². The fourth-order valence-electron chi connectivity index (χ4n) is 3.53. The molecular weight excluding hydrogens is 399 g/mol. The van der Waals surface area contributed by atoms with Crippen LogP contribution in [0.5, 0.6) is 0 Å². The Balaban J connectivity index is 1.18. The van der Waals surface area contributed by atoms with Gasteiger partial charge >= 0.3 is 0 Å². The van der Waals surface area contributed by atoms with Crippen molar-refractivity contribution in [3.8, 4) is 11.3 Å². The first-order valence-electron chi connectivity index (χ1n) is 10.2. The third-order valence-corrected chi connectivity index (χ3v) is 6.02. The molecule has 1 N–H and O–H groups in total. The summed E-state index contributed by atoms with van der Waals surface area (Å²) in [5, 5.41) is 5.52. The number of rotatable bonds is 7. The molecule has 1 aromatic heterocycles. The van der Waals surface area contributed by atoms with E-state index in [2.05, 4.69) is 20.1 Å². The van der Waals surface area contributed by atoms with E-state index >= 15 is 0 Å². The minimum atomic E-state index is -0.198. The maximum atomic E-state index is 13.0. The van der Waals surface area contributed by atoms with Gasteiger partial charge in [0, 0.05) is 56.6 Å². The molecule has 0 saturated carbocycles. The SMILES string of the molecule is O=C(CCN1CCN(Cc2ccc(F)cc2)CC1)Nc1nc(-c2ccccc2)cs1. The first-order valence-corrected chi connectivity index (χ1v) is 11.0. The van der Waals surface area contributed by atoms with Crippen LogP contribution in [-0.2, 0) is 11.3 Å². The number of piperazine rings is 1. The van der Waals surface area contributed by atoms with Gasteiger partial charge in [0.15, 0.2) is 5.13 Å². The van der Waals surface area contributed by atoms with Crippen molar-refractivity contribution in [3.05, 3.63) is 71.4 Å². The van der Waals surface area contributed by atoms with E-state index < -0.39 is 0 Å². The summed E-state index contributed by atoms with van der Waals surface area (Å²) in [6, 6.07) is 16.7. The summed E-state index contributed by atoms with van der Waals surface area (Å²) in [6.45, 7) is 5.35. The Kier molecular flexibility index (Phi) is 6.84. The Morgan fingerprint density at radius 2 is 1.70 bits per heavy atom. The Labute approximate surface area is 180 Å². The number of aromatic nitrogens is 1. The van der Waals surface area contributed by atoms with Crippen LogP contribution in [0.25, 0.3) is 11.3 Å². The van der Waals surface area contributed by atoms with Gasteiger partial charge in [0.25, 0.3) is 0 Å². The van der Waals surface area contributed by atoms with Crippen molar-refractivity contribution in [1.82, 2.24) is 14.8 Å². The number of nitrogens with zero attached hydrogens (tertiary/aromatic N) is 3. The predicted octanol–water partition coefficient (Wildman–Crippen LogP) is 4.10. The number of carbonyl (C=O) groups excluding carboxylic acids is 1. The molecule has 5 nitrogen and oxygen atoms in total. The van der Waals surface area contributed by atoms with Crippen molar-refractivity contribution in [2.75, 3.05) is 38.0 Å². The number of hydrogen-bond acceptors (Lipinski definition) is 5. The highest BCUT2D eigenvalue weighted by molar-refractivity contribution is 7.14. The van der Waals surface area contributed by atoms with Crippen LogP contribution in [0.4, 0.5) is 9.52 Å². The Morgan fingerprint density at radius 3 is 2.43 bits per heavy atom. The van der Waals surface area contributed by atoms with Gasteiger partial charge in [-0.15, -0.1) is 11.3 Å². The molecule has 4 rings (SSSR count). The van der Waals surface area contributed by atoms with E-state index in [-0.39, 0.29) is 11.7 Å². The van der Waals surface area contributed by atoms with Crippen LogP contribution in [0.1, 0.15) is 12.0 Å². The van der Waals surface area contributed by atoms with E-state index in [0.29, 0.717) is 11.6 Å². The van der Waals surface area contributed by atoms with Crippen LogP contribution in [0.3, 0.4) is 0 Å². The summed E-state index contributed by atoms with van der Waals surface area (Å²) < 4.78 is 13.0. The van der Waals surface area contributed by atoms with Gasteiger partial charge < -0.3 is 10.2 Å².